The molecule has 0 radical (unpaired) electrons. The first-order valence-corrected chi connectivity index (χ1v) is 13.5. The van der Waals surface area contributed by atoms with E-state index < -0.39 is 12.1 Å². The average molecular weight is 511 g/mol. The lowest BCUT2D eigenvalue weighted by Gasteiger charge is -2.39. The van der Waals surface area contributed by atoms with Crippen LogP contribution in [0.25, 0.3) is 10.9 Å². The van der Waals surface area contributed by atoms with E-state index in [0.717, 1.165) is 65.3 Å². The van der Waals surface area contributed by atoms with Crippen molar-refractivity contribution in [3.63, 3.8) is 0 Å². The van der Waals surface area contributed by atoms with Crippen molar-refractivity contribution in [2.75, 3.05) is 32.5 Å². The zero-order valence-corrected chi connectivity index (χ0v) is 21.4. The summed E-state index contributed by atoms with van der Waals surface area (Å²) in [5.74, 6) is 1.66. The van der Waals surface area contributed by atoms with E-state index in [9.17, 15) is 15.0 Å². The molecule has 1 aromatic carbocycles. The Kier molecular flexibility index (Phi) is 9.49. The molecule has 0 bridgehead atoms. The molecule has 1 saturated heterocycles. The third-order valence-electron chi connectivity index (χ3n) is 7.09. The summed E-state index contributed by atoms with van der Waals surface area (Å²) in [5, 5.41) is 29.0. The summed E-state index contributed by atoms with van der Waals surface area (Å²) in [6.45, 7) is 2.85. The van der Waals surface area contributed by atoms with Gasteiger partial charge in [-0.2, -0.15) is 10.2 Å². The van der Waals surface area contributed by atoms with Gasteiger partial charge in [0.05, 0.1) is 31.1 Å². The van der Waals surface area contributed by atoms with Crippen LogP contribution < -0.4 is 4.74 Å². The highest BCUT2D eigenvalue weighted by atomic mass is 32.2. The molecule has 1 aliphatic rings. The molecule has 36 heavy (non-hydrogen) atoms. The minimum absolute atomic E-state index is 0.184. The number of carboxylic acid groups (broad SMARTS) is 1. The van der Waals surface area contributed by atoms with Gasteiger partial charge in [-0.05, 0) is 80.0 Å². The number of likely N-dealkylation sites (tertiary alicyclic amines) is 1. The van der Waals surface area contributed by atoms with Crippen LogP contribution in [0.4, 0.5) is 0 Å². The van der Waals surface area contributed by atoms with Gasteiger partial charge in [0.15, 0.2) is 0 Å². The number of hydrogen-bond donors (Lipinski definition) is 2. The molecular formula is C27H34N4O4S. The number of fused-ring (bicyclic) bond motifs is 1. The summed E-state index contributed by atoms with van der Waals surface area (Å²) in [4.78, 5) is 19.3. The van der Waals surface area contributed by atoms with E-state index in [1.807, 2.05) is 30.3 Å². The van der Waals surface area contributed by atoms with Crippen LogP contribution in [0.2, 0.25) is 0 Å². The maximum atomic E-state index is 11.3. The average Bonchev–Trinajstić information content (AvgIpc) is 2.91. The van der Waals surface area contributed by atoms with Crippen LogP contribution in [0.1, 0.15) is 43.8 Å². The summed E-state index contributed by atoms with van der Waals surface area (Å²) in [6, 6.07) is 9.55. The summed E-state index contributed by atoms with van der Waals surface area (Å²) >= 11 is 1.76. The molecule has 0 saturated carbocycles. The maximum Gasteiger partial charge on any atom is 0.303 e. The molecule has 0 amide bonds. The Balaban J connectivity index is 1.35. The van der Waals surface area contributed by atoms with Crippen molar-refractivity contribution in [2.45, 2.75) is 43.1 Å². The number of rotatable bonds is 12. The van der Waals surface area contributed by atoms with Crippen molar-refractivity contribution in [2.24, 2.45) is 11.8 Å². The van der Waals surface area contributed by atoms with Crippen LogP contribution >= 0.6 is 11.8 Å². The number of aromatic nitrogens is 3. The molecule has 2 aromatic heterocycles. The third-order valence-corrected chi connectivity index (χ3v) is 8.05. The molecule has 0 spiro atoms. The number of thioether (sulfide) groups is 1. The van der Waals surface area contributed by atoms with Crippen LogP contribution in [-0.4, -0.2) is 68.8 Å². The summed E-state index contributed by atoms with van der Waals surface area (Å²) in [6.07, 6.45) is 7.99. The fourth-order valence-electron chi connectivity index (χ4n) is 5.12. The number of carboxylic acids is 1. The zero-order valence-electron chi connectivity index (χ0n) is 20.6. The predicted molar refractivity (Wildman–Crippen MR) is 140 cm³/mol. The lowest BCUT2D eigenvalue weighted by atomic mass is 9.79. The Hall–Kier alpha value is -2.75. The zero-order chi connectivity index (χ0) is 25.3. The number of carbonyl (C=O) groups is 1. The van der Waals surface area contributed by atoms with Gasteiger partial charge in [0.2, 0.25) is 0 Å². The third kappa shape index (κ3) is 7.15. The predicted octanol–water partition coefficient (Wildman–Crippen LogP) is 4.44. The summed E-state index contributed by atoms with van der Waals surface area (Å²) in [5.41, 5.74) is 1.70. The van der Waals surface area contributed by atoms with Gasteiger partial charge in [0.1, 0.15) is 5.75 Å². The minimum atomic E-state index is -0.746. The van der Waals surface area contributed by atoms with Gasteiger partial charge in [0, 0.05) is 41.7 Å². The van der Waals surface area contributed by atoms with E-state index in [1.165, 1.54) is 0 Å². The second kappa shape index (κ2) is 13.0. The van der Waals surface area contributed by atoms with Gasteiger partial charge in [-0.3, -0.25) is 9.78 Å². The molecule has 192 valence electrons. The Labute approximate surface area is 216 Å². The minimum Gasteiger partial charge on any atom is -0.497 e. The molecule has 1 fully saturated rings. The van der Waals surface area contributed by atoms with Crippen LogP contribution in [0.15, 0.2) is 53.8 Å². The highest BCUT2D eigenvalue weighted by molar-refractivity contribution is 7.99. The highest BCUT2D eigenvalue weighted by Gasteiger charge is 2.30. The van der Waals surface area contributed by atoms with Crippen LogP contribution in [0, 0.1) is 11.8 Å². The molecular weight excluding hydrogens is 476 g/mol. The number of piperidine rings is 1. The van der Waals surface area contributed by atoms with E-state index in [2.05, 4.69) is 20.1 Å². The first-order valence-electron chi connectivity index (χ1n) is 12.5. The van der Waals surface area contributed by atoms with Crippen LogP contribution in [-0.2, 0) is 4.79 Å². The maximum absolute atomic E-state index is 11.3. The molecule has 3 heterocycles. The Morgan fingerprint density at radius 3 is 2.86 bits per heavy atom. The molecule has 1 aliphatic heterocycles. The lowest BCUT2D eigenvalue weighted by molar-refractivity contribution is -0.137. The monoisotopic (exact) mass is 510 g/mol. The normalized spacial score (nSPS) is 19.3. The Bertz CT molecular complexity index is 1130. The van der Waals surface area contributed by atoms with Gasteiger partial charge in [-0.25, -0.2) is 0 Å². The second-order valence-corrected chi connectivity index (χ2v) is 10.5. The van der Waals surface area contributed by atoms with Gasteiger partial charge in [-0.15, -0.1) is 11.8 Å². The van der Waals surface area contributed by atoms with Crippen molar-refractivity contribution in [1.29, 1.82) is 0 Å². The van der Waals surface area contributed by atoms with E-state index in [-0.39, 0.29) is 6.42 Å². The van der Waals surface area contributed by atoms with Crippen LogP contribution in [0.3, 0.4) is 0 Å². The number of benzene rings is 1. The number of aliphatic hydroxyl groups is 1. The number of nitrogens with zero attached hydrogens (tertiary/aromatic N) is 4. The van der Waals surface area contributed by atoms with Crippen molar-refractivity contribution < 1.29 is 19.7 Å². The first-order chi connectivity index (χ1) is 17.5. The molecule has 3 aromatic rings. The fourth-order valence-corrected chi connectivity index (χ4v) is 5.99. The van der Waals surface area contributed by atoms with Gasteiger partial charge < -0.3 is 19.8 Å². The smallest absolute Gasteiger partial charge is 0.303 e. The number of aliphatic hydroxyl groups excluding tert-OH is 1. The number of hydrogen-bond acceptors (Lipinski definition) is 8. The molecule has 8 nitrogen and oxygen atoms in total. The fraction of sp³-hybridized carbons (Fsp3) is 0.481. The number of methoxy groups -OCH3 is 1. The quantitative estimate of drug-likeness (QED) is 0.342. The van der Waals surface area contributed by atoms with Crippen molar-refractivity contribution >= 4 is 28.6 Å². The van der Waals surface area contributed by atoms with E-state index >= 15 is 0 Å². The first kappa shape index (κ1) is 26.3. The Morgan fingerprint density at radius 1 is 1.19 bits per heavy atom. The number of pyridine rings is 1. The summed E-state index contributed by atoms with van der Waals surface area (Å²) < 4.78 is 5.37. The van der Waals surface area contributed by atoms with Crippen molar-refractivity contribution in [3.8, 4) is 5.75 Å². The van der Waals surface area contributed by atoms with Crippen molar-refractivity contribution in [1.82, 2.24) is 20.1 Å². The standard InChI is InChI=1S/C27H34N4O4S/c1-35-21-4-5-25-24(16-21)23(9-11-28-25)26(32)6-2-19-10-13-31(18-20(19)3-7-27(33)34)14-15-36-22-8-12-29-30-17-22/h4-5,8-9,11-12,16-17,19-20,26,32H,2-3,6-7,10,13-15,18H2,1H3,(H,33,34)/t19-,20+,26?/m1/s1. The van der Waals surface area contributed by atoms with Gasteiger partial charge in [0.25, 0.3) is 0 Å². The van der Waals surface area contributed by atoms with Crippen molar-refractivity contribution in [3.05, 3.63) is 54.5 Å². The number of aliphatic carboxylic acids is 1. The summed E-state index contributed by atoms with van der Waals surface area (Å²) in [7, 11) is 1.63. The van der Waals surface area contributed by atoms with Gasteiger partial charge in [-0.1, -0.05) is 0 Å². The highest BCUT2D eigenvalue weighted by Crippen LogP contribution is 2.35. The largest absolute Gasteiger partial charge is 0.497 e. The second-order valence-electron chi connectivity index (χ2n) is 9.34. The topological polar surface area (TPSA) is 109 Å². The van der Waals surface area contributed by atoms with Gasteiger partial charge >= 0.3 is 5.97 Å². The molecule has 4 rings (SSSR count). The van der Waals surface area contributed by atoms with Crippen LogP contribution in [0.5, 0.6) is 5.75 Å². The van der Waals surface area contributed by atoms with E-state index in [0.29, 0.717) is 24.7 Å². The Morgan fingerprint density at radius 2 is 2.08 bits per heavy atom. The molecule has 9 heteroatoms. The molecule has 3 atom stereocenters. The van der Waals surface area contributed by atoms with E-state index in [1.54, 1.807) is 37.5 Å². The van der Waals surface area contributed by atoms with E-state index in [4.69, 9.17) is 4.74 Å². The molecule has 2 N–H and O–H groups in total. The molecule has 0 aliphatic carbocycles. The SMILES string of the molecule is COc1ccc2nccc(C(O)CC[C@@H]3CCN(CCSc4ccnnc4)C[C@@H]3CCC(=O)O)c2c1. The number of ether oxygens (including phenoxy) is 1. The molecule has 1 unspecified atom stereocenters. The lowest BCUT2D eigenvalue weighted by Crippen LogP contribution is -2.41.